The molecular weight excluding hydrogens is 429 g/mol. The zero-order valence-corrected chi connectivity index (χ0v) is 18.9. The highest BCUT2D eigenvalue weighted by molar-refractivity contribution is 5.71. The van der Waals surface area contributed by atoms with Crippen molar-refractivity contribution in [1.82, 2.24) is 10.2 Å². The molecule has 0 aromatic heterocycles. The summed E-state index contributed by atoms with van der Waals surface area (Å²) in [6.07, 6.45) is -2.10. The van der Waals surface area contributed by atoms with Crippen LogP contribution in [0, 0.1) is 11.3 Å². The Morgan fingerprint density at radius 1 is 1.12 bits per heavy atom. The van der Waals surface area contributed by atoms with Crippen molar-refractivity contribution in [3.8, 4) is 11.1 Å². The number of alkyl carbamates (subject to hydrolysis) is 1. The Balaban J connectivity index is 1.36. The maximum Gasteiger partial charge on any atom is 0.417 e. The van der Waals surface area contributed by atoms with Crippen molar-refractivity contribution in [2.75, 3.05) is 19.6 Å². The van der Waals surface area contributed by atoms with E-state index in [9.17, 15) is 18.0 Å². The molecule has 4 aliphatic rings. The van der Waals surface area contributed by atoms with E-state index in [1.807, 2.05) is 12.1 Å². The highest BCUT2D eigenvalue weighted by atomic mass is 19.4. The molecule has 2 aromatic carbocycles. The van der Waals surface area contributed by atoms with Crippen LogP contribution in [-0.2, 0) is 17.3 Å². The van der Waals surface area contributed by atoms with Crippen molar-refractivity contribution < 1.29 is 22.7 Å². The second kappa shape index (κ2) is 8.05. The molecule has 3 aliphatic heterocycles. The maximum absolute atomic E-state index is 13.5. The van der Waals surface area contributed by atoms with Crippen LogP contribution >= 0.6 is 0 Å². The molecule has 3 heterocycles. The number of nitrogens with zero attached hydrogens (tertiary/aromatic N) is 1. The summed E-state index contributed by atoms with van der Waals surface area (Å²) in [5.74, 6) is 0.431. The molecule has 0 saturated carbocycles. The van der Waals surface area contributed by atoms with Gasteiger partial charge in [-0.3, -0.25) is 4.90 Å². The first kappa shape index (κ1) is 22.3. The van der Waals surface area contributed by atoms with Gasteiger partial charge < -0.3 is 10.1 Å². The Bertz CT molecular complexity index is 1060. The topological polar surface area (TPSA) is 41.6 Å². The smallest absolute Gasteiger partial charge is 0.417 e. The van der Waals surface area contributed by atoms with Gasteiger partial charge in [-0.2, -0.15) is 13.2 Å². The number of hydrogen-bond acceptors (Lipinski definition) is 3. The largest absolute Gasteiger partial charge is 0.445 e. The molecule has 1 aliphatic carbocycles. The van der Waals surface area contributed by atoms with Gasteiger partial charge in [0.1, 0.15) is 6.10 Å². The second-order valence-corrected chi connectivity index (χ2v) is 10.3. The van der Waals surface area contributed by atoms with Crippen LogP contribution in [0.2, 0.25) is 0 Å². The standard InChI is InChI=1S/C26H29F3N2O2/c1-25(2)14-18-13-17(19-5-3-4-6-21(19)26(27,28)29)7-8-20(18)23(25)30-24(32)33-22-15-31-11-9-16(22)10-12-31/h3-8,13,16,22-23H,9-12,14-15H2,1-2H3,(H,30,32)/t22-,23?/m0/s1. The van der Waals surface area contributed by atoms with Crippen molar-refractivity contribution in [2.24, 2.45) is 11.3 Å². The first-order chi connectivity index (χ1) is 15.6. The van der Waals surface area contributed by atoms with Crippen LogP contribution in [0.5, 0.6) is 0 Å². The number of fused-ring (bicyclic) bond motifs is 4. The fourth-order valence-corrected chi connectivity index (χ4v) is 5.81. The molecular formula is C26H29F3N2O2. The van der Waals surface area contributed by atoms with E-state index < -0.39 is 17.8 Å². The molecule has 1 amide bonds. The third-order valence-electron chi connectivity index (χ3n) is 7.54. The van der Waals surface area contributed by atoms with E-state index >= 15 is 0 Å². The Labute approximate surface area is 192 Å². The first-order valence-corrected chi connectivity index (χ1v) is 11.6. The molecule has 33 heavy (non-hydrogen) atoms. The summed E-state index contributed by atoms with van der Waals surface area (Å²) in [7, 11) is 0. The molecule has 176 valence electrons. The summed E-state index contributed by atoms with van der Waals surface area (Å²) in [5.41, 5.74) is 1.69. The van der Waals surface area contributed by atoms with Gasteiger partial charge in [0.15, 0.2) is 0 Å². The third-order valence-corrected chi connectivity index (χ3v) is 7.54. The number of alkyl halides is 3. The predicted octanol–water partition coefficient (Wildman–Crippen LogP) is 5.82. The number of piperidine rings is 3. The Morgan fingerprint density at radius 2 is 1.85 bits per heavy atom. The highest BCUT2D eigenvalue weighted by Crippen LogP contribution is 2.47. The lowest BCUT2D eigenvalue weighted by molar-refractivity contribution is -0.137. The SMILES string of the molecule is CC1(C)Cc2cc(-c3ccccc3C(F)(F)F)ccc2C1NC(=O)O[C@H]1CN2CCC1CC2. The van der Waals surface area contributed by atoms with E-state index in [1.54, 1.807) is 12.1 Å². The average molecular weight is 459 g/mol. The van der Waals surface area contributed by atoms with Gasteiger partial charge in [-0.25, -0.2) is 4.79 Å². The molecule has 2 bridgehead atoms. The quantitative estimate of drug-likeness (QED) is 0.631. The van der Waals surface area contributed by atoms with E-state index in [1.165, 1.54) is 12.1 Å². The number of amides is 1. The molecule has 0 spiro atoms. The van der Waals surface area contributed by atoms with Crippen molar-refractivity contribution in [2.45, 2.75) is 51.4 Å². The molecule has 1 unspecified atom stereocenters. The summed E-state index contributed by atoms with van der Waals surface area (Å²) >= 11 is 0. The third kappa shape index (κ3) is 4.23. The molecule has 4 nitrogen and oxygen atoms in total. The highest BCUT2D eigenvalue weighted by Gasteiger charge is 2.42. The Kier molecular flexibility index (Phi) is 5.43. The van der Waals surface area contributed by atoms with Crippen LogP contribution in [0.3, 0.4) is 0 Å². The average Bonchev–Trinajstić information content (AvgIpc) is 3.02. The molecule has 2 aromatic rings. The monoisotopic (exact) mass is 458 g/mol. The number of carbonyl (C=O) groups excluding carboxylic acids is 1. The summed E-state index contributed by atoms with van der Waals surface area (Å²) in [6, 6.07) is 10.8. The van der Waals surface area contributed by atoms with Gasteiger partial charge in [-0.1, -0.05) is 50.2 Å². The zero-order chi connectivity index (χ0) is 23.4. The van der Waals surface area contributed by atoms with Crippen LogP contribution in [-0.4, -0.2) is 36.7 Å². The molecule has 2 atom stereocenters. The first-order valence-electron chi connectivity index (χ1n) is 11.6. The number of nitrogens with one attached hydrogen (secondary N) is 1. The lowest BCUT2D eigenvalue weighted by Gasteiger charge is -2.44. The van der Waals surface area contributed by atoms with Crippen molar-refractivity contribution in [3.63, 3.8) is 0 Å². The van der Waals surface area contributed by atoms with Crippen LogP contribution in [0.4, 0.5) is 18.0 Å². The molecule has 0 radical (unpaired) electrons. The van der Waals surface area contributed by atoms with Gasteiger partial charge in [0.05, 0.1) is 11.6 Å². The van der Waals surface area contributed by atoms with Gasteiger partial charge in [-0.05, 0) is 72.0 Å². The lowest BCUT2D eigenvalue weighted by atomic mass is 9.85. The number of benzene rings is 2. The molecule has 3 fully saturated rings. The lowest BCUT2D eigenvalue weighted by Crippen LogP contribution is -2.53. The number of ether oxygens (including phenoxy) is 1. The number of halogens is 3. The fraction of sp³-hybridized carbons (Fsp3) is 0.500. The van der Waals surface area contributed by atoms with E-state index in [0.717, 1.165) is 49.7 Å². The van der Waals surface area contributed by atoms with Crippen molar-refractivity contribution in [3.05, 3.63) is 59.2 Å². The normalized spacial score (nSPS) is 27.8. The fourth-order valence-electron chi connectivity index (χ4n) is 5.81. The zero-order valence-electron chi connectivity index (χ0n) is 18.9. The van der Waals surface area contributed by atoms with Gasteiger partial charge in [0.2, 0.25) is 0 Å². The predicted molar refractivity (Wildman–Crippen MR) is 120 cm³/mol. The second-order valence-electron chi connectivity index (χ2n) is 10.3. The number of rotatable bonds is 3. The Morgan fingerprint density at radius 3 is 2.52 bits per heavy atom. The molecule has 1 N–H and O–H groups in total. The summed E-state index contributed by atoms with van der Waals surface area (Å²) in [4.78, 5) is 15.1. The van der Waals surface area contributed by atoms with Crippen LogP contribution in [0.1, 0.15) is 49.4 Å². The number of carbonyl (C=O) groups is 1. The van der Waals surface area contributed by atoms with Crippen LogP contribution < -0.4 is 5.32 Å². The minimum absolute atomic E-state index is 0.0715. The Hall–Kier alpha value is -2.54. The van der Waals surface area contributed by atoms with E-state index in [2.05, 4.69) is 24.1 Å². The minimum atomic E-state index is -4.42. The summed E-state index contributed by atoms with van der Waals surface area (Å²) < 4.78 is 46.4. The molecule has 6 rings (SSSR count). The summed E-state index contributed by atoms with van der Waals surface area (Å²) in [5, 5.41) is 3.07. The molecule has 7 heteroatoms. The van der Waals surface area contributed by atoms with Crippen molar-refractivity contribution >= 4 is 6.09 Å². The van der Waals surface area contributed by atoms with Crippen molar-refractivity contribution in [1.29, 1.82) is 0 Å². The van der Waals surface area contributed by atoms with E-state index in [0.29, 0.717) is 17.9 Å². The van der Waals surface area contributed by atoms with Gasteiger partial charge in [-0.15, -0.1) is 0 Å². The number of hydrogen-bond donors (Lipinski definition) is 1. The van der Waals surface area contributed by atoms with Gasteiger partial charge in [0, 0.05) is 6.54 Å². The summed E-state index contributed by atoms with van der Waals surface area (Å²) in [6.45, 7) is 7.08. The minimum Gasteiger partial charge on any atom is -0.445 e. The van der Waals surface area contributed by atoms with Crippen LogP contribution in [0.25, 0.3) is 11.1 Å². The van der Waals surface area contributed by atoms with E-state index in [-0.39, 0.29) is 23.1 Å². The maximum atomic E-state index is 13.5. The van der Waals surface area contributed by atoms with Gasteiger partial charge >= 0.3 is 12.3 Å². The van der Waals surface area contributed by atoms with Gasteiger partial charge in [0.25, 0.3) is 0 Å². The van der Waals surface area contributed by atoms with E-state index in [4.69, 9.17) is 4.74 Å². The molecule has 3 saturated heterocycles. The van der Waals surface area contributed by atoms with Crippen LogP contribution in [0.15, 0.2) is 42.5 Å².